The first-order valence-electron chi connectivity index (χ1n) is 6.30. The number of hydroxylamine groups is 1. The molecule has 110 valence electrons. The van der Waals surface area contributed by atoms with Gasteiger partial charge in [-0.05, 0) is 17.7 Å². The molecule has 2 aromatic rings. The average Bonchev–Trinajstić information content (AvgIpc) is 2.53. The van der Waals surface area contributed by atoms with Gasteiger partial charge in [-0.3, -0.25) is 10.3 Å². The molecular weight excluding hydrogens is 337 g/mol. The Morgan fingerprint density at radius 2 is 2.00 bits per heavy atom. The Balaban J connectivity index is 2.20. The third kappa shape index (κ3) is 4.31. The van der Waals surface area contributed by atoms with Gasteiger partial charge in [-0.25, -0.2) is 4.39 Å². The van der Waals surface area contributed by atoms with Crippen LogP contribution in [0, 0.1) is 5.82 Å². The predicted molar refractivity (Wildman–Crippen MR) is 84.2 cm³/mol. The third-order valence-corrected chi connectivity index (χ3v) is 3.40. The molecular formula is C16H15BrFNO2. The molecule has 0 heterocycles. The first-order valence-corrected chi connectivity index (χ1v) is 7.42. The van der Waals surface area contributed by atoms with E-state index in [1.54, 1.807) is 12.1 Å². The fraction of sp³-hybridized carbons (Fsp3) is 0.125. The average molecular weight is 352 g/mol. The molecule has 0 saturated heterocycles. The van der Waals surface area contributed by atoms with Crippen LogP contribution in [-0.2, 0) is 10.2 Å². The number of benzene rings is 2. The number of hydrogen-bond donors (Lipinski definition) is 1. The summed E-state index contributed by atoms with van der Waals surface area (Å²) in [5.74, 6) is -0.251. The highest BCUT2D eigenvalue weighted by Crippen LogP contribution is 2.21. The van der Waals surface area contributed by atoms with Crippen molar-refractivity contribution in [1.29, 1.82) is 0 Å². The summed E-state index contributed by atoms with van der Waals surface area (Å²) in [4.78, 5) is 4.92. The second-order valence-electron chi connectivity index (χ2n) is 4.22. The van der Waals surface area contributed by atoms with Crippen molar-refractivity contribution in [2.24, 2.45) is 0 Å². The smallest absolute Gasteiger partial charge is 0.165 e. The van der Waals surface area contributed by atoms with Crippen LogP contribution in [0.2, 0.25) is 0 Å². The summed E-state index contributed by atoms with van der Waals surface area (Å²) in [6, 6.07) is 14.3. The topological polar surface area (TPSA) is 30.5 Å². The third-order valence-electron chi connectivity index (χ3n) is 2.75. The van der Waals surface area contributed by atoms with Crippen molar-refractivity contribution in [3.05, 3.63) is 71.7 Å². The van der Waals surface area contributed by atoms with Crippen LogP contribution in [0.5, 0.6) is 5.75 Å². The van der Waals surface area contributed by atoms with Crippen molar-refractivity contribution < 1.29 is 14.0 Å². The maximum atomic E-state index is 13.8. The van der Waals surface area contributed by atoms with Crippen LogP contribution in [0.1, 0.15) is 11.1 Å². The van der Waals surface area contributed by atoms with Crippen LogP contribution in [0.4, 0.5) is 4.39 Å². The molecule has 0 bridgehead atoms. The molecule has 0 spiro atoms. The maximum absolute atomic E-state index is 13.8. The Morgan fingerprint density at radius 1 is 1.24 bits per heavy atom. The molecule has 1 N–H and O–H groups in total. The van der Waals surface area contributed by atoms with Gasteiger partial charge < -0.3 is 4.74 Å². The Bertz CT molecular complexity index is 617. The van der Waals surface area contributed by atoms with Gasteiger partial charge in [0.25, 0.3) is 0 Å². The number of nitrogens with one attached hydrogen (secondary N) is 1. The van der Waals surface area contributed by atoms with Crippen LogP contribution < -0.4 is 10.2 Å². The lowest BCUT2D eigenvalue weighted by atomic mass is 10.2. The SMILES string of the molecule is CONC(=COc1ccc(CBr)cc1F)c1ccccc1. The van der Waals surface area contributed by atoms with Gasteiger partial charge in [-0.1, -0.05) is 52.3 Å². The van der Waals surface area contributed by atoms with Gasteiger partial charge in [0, 0.05) is 10.9 Å². The summed E-state index contributed by atoms with van der Waals surface area (Å²) in [6.07, 6.45) is 1.42. The quantitative estimate of drug-likeness (QED) is 0.479. The molecule has 5 heteroatoms. The minimum Gasteiger partial charge on any atom is -0.460 e. The standard InChI is InChI=1S/C16H15BrFNO2/c1-20-19-15(13-5-3-2-4-6-13)11-21-16-8-7-12(10-17)9-14(16)18/h2-9,11,19H,10H2,1H3. The number of halogens is 2. The van der Waals surface area contributed by atoms with E-state index in [9.17, 15) is 4.39 Å². The van der Waals surface area contributed by atoms with Crippen molar-refractivity contribution in [2.45, 2.75) is 5.33 Å². The van der Waals surface area contributed by atoms with E-state index < -0.39 is 5.82 Å². The molecule has 2 rings (SSSR count). The summed E-state index contributed by atoms with van der Waals surface area (Å²) in [7, 11) is 1.50. The van der Waals surface area contributed by atoms with Crippen molar-refractivity contribution in [2.75, 3.05) is 7.11 Å². The minimum absolute atomic E-state index is 0.158. The van der Waals surface area contributed by atoms with E-state index in [0.29, 0.717) is 11.0 Å². The molecule has 0 aliphatic rings. The van der Waals surface area contributed by atoms with E-state index in [1.807, 2.05) is 30.3 Å². The molecule has 0 atom stereocenters. The van der Waals surface area contributed by atoms with Crippen molar-refractivity contribution in [3.8, 4) is 5.75 Å². The van der Waals surface area contributed by atoms with E-state index in [4.69, 9.17) is 9.57 Å². The molecule has 0 saturated carbocycles. The summed E-state index contributed by atoms with van der Waals surface area (Å²) in [6.45, 7) is 0. The highest BCUT2D eigenvalue weighted by Gasteiger charge is 2.06. The molecule has 21 heavy (non-hydrogen) atoms. The molecule has 0 amide bonds. The van der Waals surface area contributed by atoms with E-state index in [2.05, 4.69) is 21.4 Å². The van der Waals surface area contributed by atoms with Crippen LogP contribution in [0.3, 0.4) is 0 Å². The lowest BCUT2D eigenvalue weighted by Gasteiger charge is -2.10. The van der Waals surface area contributed by atoms with Crippen molar-refractivity contribution >= 4 is 21.6 Å². The Hall–Kier alpha value is -1.85. The monoisotopic (exact) mass is 351 g/mol. The number of ether oxygens (including phenoxy) is 1. The molecule has 0 unspecified atom stereocenters. The molecule has 2 aromatic carbocycles. The van der Waals surface area contributed by atoms with Crippen molar-refractivity contribution in [1.82, 2.24) is 5.48 Å². The van der Waals surface area contributed by atoms with Gasteiger partial charge in [-0.15, -0.1) is 0 Å². The lowest BCUT2D eigenvalue weighted by molar-refractivity contribution is 0.135. The first-order chi connectivity index (χ1) is 10.2. The number of hydrogen-bond acceptors (Lipinski definition) is 3. The van der Waals surface area contributed by atoms with E-state index >= 15 is 0 Å². The van der Waals surface area contributed by atoms with Gasteiger partial charge in [0.05, 0.1) is 7.11 Å². The minimum atomic E-state index is -0.409. The van der Waals surface area contributed by atoms with Crippen molar-refractivity contribution in [3.63, 3.8) is 0 Å². The predicted octanol–water partition coefficient (Wildman–Crippen LogP) is 4.25. The zero-order valence-corrected chi connectivity index (χ0v) is 13.1. The van der Waals surface area contributed by atoms with Crippen LogP contribution in [0.25, 0.3) is 5.70 Å². The summed E-state index contributed by atoms with van der Waals surface area (Å²) < 4.78 is 19.3. The number of rotatable bonds is 6. The molecule has 0 aromatic heterocycles. The Kier molecular flexibility index (Phi) is 5.78. The van der Waals surface area contributed by atoms with Gasteiger partial charge in [0.15, 0.2) is 11.6 Å². The zero-order chi connectivity index (χ0) is 15.1. The van der Waals surface area contributed by atoms with E-state index in [-0.39, 0.29) is 5.75 Å². The van der Waals surface area contributed by atoms with Gasteiger partial charge in [0.2, 0.25) is 0 Å². The molecule has 0 aliphatic heterocycles. The largest absolute Gasteiger partial charge is 0.460 e. The van der Waals surface area contributed by atoms with Gasteiger partial charge in [-0.2, -0.15) is 0 Å². The Morgan fingerprint density at radius 3 is 2.62 bits per heavy atom. The summed E-state index contributed by atoms with van der Waals surface area (Å²) in [5, 5.41) is 0.598. The Labute approximate surface area is 131 Å². The second kappa shape index (κ2) is 7.81. The molecule has 0 fully saturated rings. The number of alkyl halides is 1. The summed E-state index contributed by atoms with van der Waals surface area (Å²) >= 11 is 3.28. The second-order valence-corrected chi connectivity index (χ2v) is 4.78. The molecule has 0 aliphatic carbocycles. The zero-order valence-electron chi connectivity index (χ0n) is 11.5. The lowest BCUT2D eigenvalue weighted by Crippen LogP contribution is -2.11. The molecule has 3 nitrogen and oxygen atoms in total. The molecule has 0 radical (unpaired) electrons. The fourth-order valence-corrected chi connectivity index (χ4v) is 2.07. The highest BCUT2D eigenvalue weighted by molar-refractivity contribution is 9.08. The first kappa shape index (κ1) is 15.5. The van der Waals surface area contributed by atoms with E-state index in [0.717, 1.165) is 11.1 Å². The van der Waals surface area contributed by atoms with E-state index in [1.165, 1.54) is 19.4 Å². The summed E-state index contributed by atoms with van der Waals surface area (Å²) in [5.41, 5.74) is 5.04. The van der Waals surface area contributed by atoms with Crippen LogP contribution in [0.15, 0.2) is 54.8 Å². The van der Waals surface area contributed by atoms with Gasteiger partial charge >= 0.3 is 0 Å². The highest BCUT2D eigenvalue weighted by atomic mass is 79.9. The fourth-order valence-electron chi connectivity index (χ4n) is 1.72. The maximum Gasteiger partial charge on any atom is 0.165 e. The normalized spacial score (nSPS) is 11.3. The van der Waals surface area contributed by atoms with Gasteiger partial charge in [0.1, 0.15) is 12.0 Å². The van der Waals surface area contributed by atoms with Crippen LogP contribution in [-0.4, -0.2) is 7.11 Å². The van der Waals surface area contributed by atoms with Crippen LogP contribution >= 0.6 is 15.9 Å².